The van der Waals surface area contributed by atoms with Crippen molar-refractivity contribution in [1.29, 1.82) is 0 Å². The summed E-state index contributed by atoms with van der Waals surface area (Å²) in [6.07, 6.45) is 3.02. The van der Waals surface area contributed by atoms with Crippen molar-refractivity contribution < 1.29 is 24.2 Å². The van der Waals surface area contributed by atoms with E-state index in [1.54, 1.807) is 31.4 Å². The average molecular weight is 341 g/mol. The normalized spacial score (nSPS) is 12.0. The molecule has 2 aromatic carbocycles. The first-order chi connectivity index (χ1) is 12.0. The lowest BCUT2D eigenvalue weighted by Crippen LogP contribution is -2.19. The molecule has 0 saturated heterocycles. The molecular formula is C19H19NO5. The minimum Gasteiger partial charge on any atom is -0.493 e. The summed E-state index contributed by atoms with van der Waals surface area (Å²) < 4.78 is 10.4. The third-order valence-electron chi connectivity index (χ3n) is 3.67. The summed E-state index contributed by atoms with van der Waals surface area (Å²) in [6, 6.07) is 10.3. The van der Waals surface area contributed by atoms with E-state index in [0.29, 0.717) is 17.1 Å². The maximum absolute atomic E-state index is 12.2. The number of carbonyl (C=O) groups is 2. The Balaban J connectivity index is 2.12. The molecule has 0 aliphatic heterocycles. The SMILES string of the molecule is COc1ccc(C=CC(=O)C(N)c2ccc(C(=O)O)cc2)cc1OC. The first-order valence-corrected chi connectivity index (χ1v) is 7.49. The summed E-state index contributed by atoms with van der Waals surface area (Å²) in [5, 5.41) is 8.89. The Hall–Kier alpha value is -3.12. The van der Waals surface area contributed by atoms with E-state index >= 15 is 0 Å². The van der Waals surface area contributed by atoms with Gasteiger partial charge >= 0.3 is 5.97 Å². The van der Waals surface area contributed by atoms with Gasteiger partial charge in [0.05, 0.1) is 25.8 Å². The second kappa shape index (κ2) is 8.12. The van der Waals surface area contributed by atoms with Crippen molar-refractivity contribution in [3.63, 3.8) is 0 Å². The number of carbonyl (C=O) groups excluding carboxylic acids is 1. The highest BCUT2D eigenvalue weighted by Gasteiger charge is 2.14. The molecule has 1 unspecified atom stereocenters. The maximum atomic E-state index is 12.2. The lowest BCUT2D eigenvalue weighted by atomic mass is 10.0. The summed E-state index contributed by atoms with van der Waals surface area (Å²) in [5.74, 6) is -0.162. The molecule has 0 bridgehead atoms. The number of hydrogen-bond acceptors (Lipinski definition) is 5. The number of rotatable bonds is 7. The third kappa shape index (κ3) is 4.45. The van der Waals surface area contributed by atoms with Crippen molar-refractivity contribution in [2.24, 2.45) is 5.73 Å². The van der Waals surface area contributed by atoms with Crippen molar-refractivity contribution in [3.05, 3.63) is 65.2 Å². The molecule has 0 radical (unpaired) electrons. The highest BCUT2D eigenvalue weighted by Crippen LogP contribution is 2.28. The highest BCUT2D eigenvalue weighted by molar-refractivity contribution is 5.98. The first kappa shape index (κ1) is 18.2. The molecule has 0 aliphatic rings. The molecule has 0 aliphatic carbocycles. The van der Waals surface area contributed by atoms with Crippen LogP contribution in [0.15, 0.2) is 48.5 Å². The lowest BCUT2D eigenvalue weighted by molar-refractivity contribution is -0.115. The molecule has 0 amide bonds. The number of benzene rings is 2. The Kier molecular flexibility index (Phi) is 5.92. The molecule has 0 aromatic heterocycles. The van der Waals surface area contributed by atoms with Crippen molar-refractivity contribution in [2.45, 2.75) is 6.04 Å². The van der Waals surface area contributed by atoms with Crippen LogP contribution in [-0.2, 0) is 4.79 Å². The van der Waals surface area contributed by atoms with Gasteiger partial charge in [0.1, 0.15) is 0 Å². The molecule has 25 heavy (non-hydrogen) atoms. The van der Waals surface area contributed by atoms with Crippen molar-refractivity contribution in [1.82, 2.24) is 0 Å². The average Bonchev–Trinajstić information content (AvgIpc) is 2.65. The molecule has 0 fully saturated rings. The number of nitrogens with two attached hydrogens (primary N) is 1. The third-order valence-corrected chi connectivity index (χ3v) is 3.67. The molecule has 6 nitrogen and oxygen atoms in total. The molecule has 2 aromatic rings. The van der Waals surface area contributed by atoms with Gasteiger partial charge in [-0.05, 0) is 41.5 Å². The fourth-order valence-electron chi connectivity index (χ4n) is 2.24. The predicted molar refractivity (Wildman–Crippen MR) is 93.9 cm³/mol. The Morgan fingerprint density at radius 1 is 1.04 bits per heavy atom. The quantitative estimate of drug-likeness (QED) is 0.751. The van der Waals surface area contributed by atoms with E-state index in [9.17, 15) is 9.59 Å². The highest BCUT2D eigenvalue weighted by atomic mass is 16.5. The number of aromatic carboxylic acids is 1. The van der Waals surface area contributed by atoms with Gasteiger partial charge in [-0.1, -0.05) is 24.3 Å². The molecule has 6 heteroatoms. The summed E-state index contributed by atoms with van der Waals surface area (Å²) in [5.41, 5.74) is 7.39. The smallest absolute Gasteiger partial charge is 0.335 e. The second-order valence-electron chi connectivity index (χ2n) is 5.25. The minimum absolute atomic E-state index is 0.143. The zero-order valence-corrected chi connectivity index (χ0v) is 13.9. The largest absolute Gasteiger partial charge is 0.493 e. The molecule has 0 spiro atoms. The topological polar surface area (TPSA) is 98.9 Å². The fraction of sp³-hybridized carbons (Fsp3) is 0.158. The van der Waals surface area contributed by atoms with E-state index in [1.807, 2.05) is 0 Å². The van der Waals surface area contributed by atoms with Crippen LogP contribution in [0.3, 0.4) is 0 Å². The summed E-state index contributed by atoms with van der Waals surface area (Å²) >= 11 is 0. The van der Waals surface area contributed by atoms with Crippen molar-refractivity contribution >= 4 is 17.8 Å². The van der Waals surface area contributed by atoms with Crippen LogP contribution >= 0.6 is 0 Å². The van der Waals surface area contributed by atoms with Crippen LogP contribution in [0.25, 0.3) is 6.08 Å². The number of hydrogen-bond donors (Lipinski definition) is 2. The van der Waals surface area contributed by atoms with Gasteiger partial charge in [0.2, 0.25) is 0 Å². The van der Waals surface area contributed by atoms with Gasteiger partial charge in [-0.2, -0.15) is 0 Å². The molecule has 1 atom stereocenters. The van der Waals surface area contributed by atoms with E-state index in [0.717, 1.165) is 5.56 Å². The van der Waals surface area contributed by atoms with Crippen LogP contribution in [0.2, 0.25) is 0 Å². The van der Waals surface area contributed by atoms with Gasteiger partial charge in [-0.25, -0.2) is 4.79 Å². The number of methoxy groups -OCH3 is 2. The van der Waals surface area contributed by atoms with Crippen LogP contribution in [0.5, 0.6) is 11.5 Å². The molecule has 3 N–H and O–H groups in total. The second-order valence-corrected chi connectivity index (χ2v) is 5.25. The van der Waals surface area contributed by atoms with Crippen LogP contribution in [0, 0.1) is 0 Å². The first-order valence-electron chi connectivity index (χ1n) is 7.49. The minimum atomic E-state index is -1.03. The van der Waals surface area contributed by atoms with E-state index in [-0.39, 0.29) is 11.3 Å². The van der Waals surface area contributed by atoms with Crippen molar-refractivity contribution in [3.8, 4) is 11.5 Å². The van der Waals surface area contributed by atoms with E-state index in [2.05, 4.69) is 0 Å². The van der Waals surface area contributed by atoms with Gasteiger partial charge in [-0.15, -0.1) is 0 Å². The molecule has 130 valence electrons. The Morgan fingerprint density at radius 3 is 2.24 bits per heavy atom. The summed E-state index contributed by atoms with van der Waals surface area (Å²) in [4.78, 5) is 23.1. The Morgan fingerprint density at radius 2 is 1.68 bits per heavy atom. The van der Waals surface area contributed by atoms with Gasteiger partial charge in [0.25, 0.3) is 0 Å². The van der Waals surface area contributed by atoms with Crippen LogP contribution in [0.4, 0.5) is 0 Å². The number of carboxylic acid groups (broad SMARTS) is 1. The van der Waals surface area contributed by atoms with E-state index in [4.69, 9.17) is 20.3 Å². The Bertz CT molecular complexity index is 796. The zero-order valence-electron chi connectivity index (χ0n) is 13.9. The number of carboxylic acids is 1. The van der Waals surface area contributed by atoms with Gasteiger partial charge in [0, 0.05) is 0 Å². The zero-order chi connectivity index (χ0) is 18.4. The number of ketones is 1. The van der Waals surface area contributed by atoms with Crippen molar-refractivity contribution in [2.75, 3.05) is 14.2 Å². The van der Waals surface area contributed by atoms with Gasteiger partial charge < -0.3 is 20.3 Å². The predicted octanol–water partition coefficient (Wildman–Crippen LogP) is 2.68. The van der Waals surface area contributed by atoms with Gasteiger partial charge in [0.15, 0.2) is 17.3 Å². The van der Waals surface area contributed by atoms with Crippen LogP contribution in [-0.4, -0.2) is 31.1 Å². The monoisotopic (exact) mass is 341 g/mol. The Labute approximate surface area is 145 Å². The maximum Gasteiger partial charge on any atom is 0.335 e. The molecule has 2 rings (SSSR count). The number of ether oxygens (including phenoxy) is 2. The molecule has 0 saturated carbocycles. The molecular weight excluding hydrogens is 322 g/mol. The summed E-state index contributed by atoms with van der Waals surface area (Å²) in [7, 11) is 3.08. The fourth-order valence-corrected chi connectivity index (χ4v) is 2.24. The lowest BCUT2D eigenvalue weighted by Gasteiger charge is -2.09. The van der Waals surface area contributed by atoms with Gasteiger partial charge in [-0.3, -0.25) is 4.79 Å². The van der Waals surface area contributed by atoms with E-state index in [1.165, 1.54) is 37.5 Å². The standard InChI is InChI=1S/C19H19NO5/c1-24-16-10-4-12(11-17(16)25-2)3-9-15(21)18(20)13-5-7-14(8-6-13)19(22)23/h3-11,18H,20H2,1-2H3,(H,22,23). The summed E-state index contributed by atoms with van der Waals surface area (Å²) in [6.45, 7) is 0. The van der Waals surface area contributed by atoms with Crippen LogP contribution < -0.4 is 15.2 Å². The van der Waals surface area contributed by atoms with E-state index < -0.39 is 12.0 Å². The molecule has 0 heterocycles. The van der Waals surface area contributed by atoms with Crippen LogP contribution in [0.1, 0.15) is 27.5 Å².